The normalized spacial score (nSPS) is 14.9. The maximum absolute atomic E-state index is 12.2. The van der Waals surface area contributed by atoms with Crippen molar-refractivity contribution >= 4 is 33.3 Å². The van der Waals surface area contributed by atoms with Crippen molar-refractivity contribution in [2.45, 2.75) is 0 Å². The average Bonchev–Trinajstić information content (AvgIpc) is 2.47. The summed E-state index contributed by atoms with van der Waals surface area (Å²) in [6.07, 6.45) is 1.48. The van der Waals surface area contributed by atoms with Crippen molar-refractivity contribution in [1.82, 2.24) is 15.2 Å². The summed E-state index contributed by atoms with van der Waals surface area (Å²) in [5, 5.41) is 14.3. The molecule has 0 saturated carbocycles. The number of carbonyl (C=O) groups excluding carboxylic acids is 1. The van der Waals surface area contributed by atoms with E-state index in [-0.39, 0.29) is 24.0 Å². The van der Waals surface area contributed by atoms with E-state index in [0.717, 1.165) is 13.1 Å². The Morgan fingerprint density at radius 2 is 2.24 bits per heavy atom. The van der Waals surface area contributed by atoms with Gasteiger partial charge in [-0.3, -0.25) is 14.9 Å². The van der Waals surface area contributed by atoms with Crippen LogP contribution in [0.15, 0.2) is 16.7 Å². The van der Waals surface area contributed by atoms with Gasteiger partial charge in [0.2, 0.25) is 11.7 Å². The lowest BCUT2D eigenvalue weighted by atomic mass is 10.3. The van der Waals surface area contributed by atoms with Gasteiger partial charge < -0.3 is 15.1 Å². The predicted octanol–water partition coefficient (Wildman–Crippen LogP) is 0.620. The number of carbonyl (C=O) groups is 1. The van der Waals surface area contributed by atoms with E-state index in [1.807, 2.05) is 0 Å². The summed E-state index contributed by atoms with van der Waals surface area (Å²) >= 11 is 3.16. The van der Waals surface area contributed by atoms with Gasteiger partial charge in [-0.15, -0.1) is 0 Å². The summed E-state index contributed by atoms with van der Waals surface area (Å²) in [5.74, 6) is 0.129. The van der Waals surface area contributed by atoms with Gasteiger partial charge in [-0.25, -0.2) is 4.98 Å². The van der Waals surface area contributed by atoms with Crippen molar-refractivity contribution in [2.75, 3.05) is 44.7 Å². The fourth-order valence-electron chi connectivity index (χ4n) is 2.14. The molecule has 21 heavy (non-hydrogen) atoms. The molecule has 1 saturated heterocycles. The molecule has 1 aliphatic rings. The summed E-state index contributed by atoms with van der Waals surface area (Å²) in [6, 6.07) is 1.38. The van der Waals surface area contributed by atoms with Gasteiger partial charge in [-0.1, -0.05) is 0 Å². The number of pyridine rings is 1. The van der Waals surface area contributed by atoms with Crippen molar-refractivity contribution in [1.29, 1.82) is 0 Å². The third kappa shape index (κ3) is 3.88. The average molecular weight is 358 g/mol. The molecule has 0 radical (unpaired) electrons. The van der Waals surface area contributed by atoms with Crippen LogP contribution in [-0.4, -0.2) is 60.5 Å². The molecule has 2 rings (SSSR count). The Morgan fingerprint density at radius 1 is 1.57 bits per heavy atom. The molecule has 0 aliphatic carbocycles. The van der Waals surface area contributed by atoms with Gasteiger partial charge in [0.05, 0.1) is 11.5 Å². The maximum atomic E-state index is 12.2. The zero-order valence-corrected chi connectivity index (χ0v) is 13.2. The molecule has 0 unspecified atom stereocenters. The number of anilines is 1. The molecule has 0 bridgehead atoms. The van der Waals surface area contributed by atoms with Crippen LogP contribution in [0, 0.1) is 10.1 Å². The largest absolute Gasteiger partial charge is 0.345 e. The Balaban J connectivity index is 2.11. The van der Waals surface area contributed by atoms with Crippen LogP contribution < -0.4 is 10.2 Å². The third-order valence-corrected chi connectivity index (χ3v) is 3.65. The highest BCUT2D eigenvalue weighted by atomic mass is 79.9. The van der Waals surface area contributed by atoms with Crippen molar-refractivity contribution in [3.05, 3.63) is 26.9 Å². The van der Waals surface area contributed by atoms with Crippen LogP contribution in [0.4, 0.5) is 11.5 Å². The molecule has 1 aromatic rings. The molecule has 1 amide bonds. The Kier molecular flexibility index (Phi) is 5.07. The molecule has 1 fully saturated rings. The van der Waals surface area contributed by atoms with Crippen LogP contribution in [0.2, 0.25) is 0 Å². The molecule has 0 atom stereocenters. The second-order valence-corrected chi connectivity index (χ2v) is 5.66. The quantitative estimate of drug-likeness (QED) is 0.627. The van der Waals surface area contributed by atoms with E-state index < -0.39 is 4.92 Å². The van der Waals surface area contributed by atoms with Crippen molar-refractivity contribution in [2.24, 2.45) is 0 Å². The lowest BCUT2D eigenvalue weighted by Crippen LogP contribution is -2.49. The van der Waals surface area contributed by atoms with E-state index in [1.165, 1.54) is 17.2 Å². The summed E-state index contributed by atoms with van der Waals surface area (Å²) in [6.45, 7) is 2.92. The summed E-state index contributed by atoms with van der Waals surface area (Å²) in [5.41, 5.74) is -0.125. The highest BCUT2D eigenvalue weighted by Crippen LogP contribution is 2.27. The number of amides is 1. The Morgan fingerprint density at radius 3 is 2.86 bits per heavy atom. The van der Waals surface area contributed by atoms with Crippen molar-refractivity contribution in [3.8, 4) is 0 Å². The zero-order chi connectivity index (χ0) is 15.4. The fraction of sp³-hybridized carbons (Fsp3) is 0.500. The molecule has 114 valence electrons. The van der Waals surface area contributed by atoms with Gasteiger partial charge in [0.1, 0.15) is 0 Å². The Hall–Kier alpha value is -1.74. The van der Waals surface area contributed by atoms with E-state index in [4.69, 9.17) is 0 Å². The maximum Gasteiger partial charge on any atom is 0.312 e. The third-order valence-electron chi connectivity index (χ3n) is 3.21. The van der Waals surface area contributed by atoms with Gasteiger partial charge in [-0.05, 0) is 15.9 Å². The standard InChI is InChI=1S/C12H16BrN5O3/c1-16(8-11(19)17-4-2-14-3-5-17)12-10(18(20)21)6-9(13)7-15-12/h6-7,14H,2-5,8H2,1H3. The molecular formula is C12H16BrN5O3. The number of nitrogens with zero attached hydrogens (tertiary/aromatic N) is 4. The molecule has 1 aromatic heterocycles. The van der Waals surface area contributed by atoms with Crippen molar-refractivity contribution < 1.29 is 9.72 Å². The number of nitrogens with one attached hydrogen (secondary N) is 1. The number of halogens is 1. The summed E-state index contributed by atoms with van der Waals surface area (Å²) < 4.78 is 0.528. The van der Waals surface area contributed by atoms with E-state index in [9.17, 15) is 14.9 Å². The van der Waals surface area contributed by atoms with Crippen LogP contribution in [0.1, 0.15) is 0 Å². The molecule has 0 spiro atoms. The van der Waals surface area contributed by atoms with Crippen LogP contribution in [0.3, 0.4) is 0 Å². The Labute approximate surface area is 130 Å². The number of piperazine rings is 1. The van der Waals surface area contributed by atoms with Crippen molar-refractivity contribution in [3.63, 3.8) is 0 Å². The number of hydrogen-bond donors (Lipinski definition) is 1. The minimum Gasteiger partial charge on any atom is -0.345 e. The van der Waals surface area contributed by atoms with Gasteiger partial charge in [0.15, 0.2) is 0 Å². The lowest BCUT2D eigenvalue weighted by molar-refractivity contribution is -0.384. The SMILES string of the molecule is CN(CC(=O)N1CCNCC1)c1ncc(Br)cc1[N+](=O)[O-]. The molecule has 2 heterocycles. The molecule has 1 aliphatic heterocycles. The first-order valence-corrected chi connectivity index (χ1v) is 7.28. The molecular weight excluding hydrogens is 342 g/mol. The highest BCUT2D eigenvalue weighted by molar-refractivity contribution is 9.10. The number of likely N-dealkylation sites (N-methyl/N-ethyl adjacent to an activating group) is 1. The number of rotatable bonds is 4. The Bertz CT molecular complexity index is 548. The monoisotopic (exact) mass is 357 g/mol. The van der Waals surface area contributed by atoms with Crippen LogP contribution in [-0.2, 0) is 4.79 Å². The van der Waals surface area contributed by atoms with Crippen LogP contribution in [0.5, 0.6) is 0 Å². The topological polar surface area (TPSA) is 91.6 Å². The second kappa shape index (κ2) is 6.81. The van der Waals surface area contributed by atoms with E-state index in [2.05, 4.69) is 26.2 Å². The summed E-state index contributed by atoms with van der Waals surface area (Å²) in [7, 11) is 1.63. The fourth-order valence-corrected chi connectivity index (χ4v) is 2.46. The van der Waals surface area contributed by atoms with Gasteiger partial charge in [-0.2, -0.15) is 0 Å². The van der Waals surface area contributed by atoms with Gasteiger partial charge in [0.25, 0.3) is 0 Å². The molecule has 9 heteroatoms. The van der Waals surface area contributed by atoms with Gasteiger partial charge in [0, 0.05) is 50.0 Å². The first-order chi connectivity index (χ1) is 9.99. The van der Waals surface area contributed by atoms with Crippen LogP contribution >= 0.6 is 15.9 Å². The number of aromatic nitrogens is 1. The number of nitro groups is 1. The zero-order valence-electron chi connectivity index (χ0n) is 11.6. The molecule has 8 nitrogen and oxygen atoms in total. The lowest BCUT2D eigenvalue weighted by Gasteiger charge is -2.29. The van der Waals surface area contributed by atoms with E-state index in [0.29, 0.717) is 17.6 Å². The molecule has 0 aromatic carbocycles. The first-order valence-electron chi connectivity index (χ1n) is 6.48. The number of hydrogen-bond acceptors (Lipinski definition) is 6. The van der Waals surface area contributed by atoms with E-state index in [1.54, 1.807) is 11.9 Å². The predicted molar refractivity (Wildman–Crippen MR) is 81.3 cm³/mol. The van der Waals surface area contributed by atoms with E-state index >= 15 is 0 Å². The minimum atomic E-state index is -0.501. The summed E-state index contributed by atoms with van der Waals surface area (Å²) in [4.78, 5) is 30.1. The van der Waals surface area contributed by atoms with Gasteiger partial charge >= 0.3 is 5.69 Å². The molecule has 1 N–H and O–H groups in total. The highest BCUT2D eigenvalue weighted by Gasteiger charge is 2.23. The second-order valence-electron chi connectivity index (χ2n) is 4.74. The first kappa shape index (κ1) is 15.6. The minimum absolute atomic E-state index is 0.0574. The smallest absolute Gasteiger partial charge is 0.312 e. The van der Waals surface area contributed by atoms with Crippen LogP contribution in [0.25, 0.3) is 0 Å².